The lowest BCUT2D eigenvalue weighted by atomic mass is 10.0. The van der Waals surface area contributed by atoms with E-state index in [0.717, 1.165) is 16.5 Å². The topological polar surface area (TPSA) is 62.0 Å². The Kier molecular flexibility index (Phi) is 5.50. The lowest BCUT2D eigenvalue weighted by Crippen LogP contribution is -2.36. The average Bonchev–Trinajstić information content (AvgIpc) is 2.97. The number of fused-ring (bicyclic) bond motifs is 1. The van der Waals surface area contributed by atoms with Crippen molar-refractivity contribution in [3.63, 3.8) is 0 Å². The SMILES string of the molecule is Cc1cccc2[nH]cc(C(NS(=O)(=O)c3ccc(Cl)cc3)C(Cl)(Cl)Cl)c12. The predicted octanol–water partition coefficient (Wildman–Crippen LogP) is 5.52. The van der Waals surface area contributed by atoms with Gasteiger partial charge in [0.1, 0.15) is 0 Å². The maximum Gasteiger partial charge on any atom is 0.241 e. The molecule has 1 heterocycles. The molecular formula is C17H14Cl4N2O2S. The van der Waals surface area contributed by atoms with E-state index >= 15 is 0 Å². The minimum Gasteiger partial charge on any atom is -0.361 e. The average molecular weight is 452 g/mol. The third-order valence-corrected chi connectivity index (χ3v) is 6.33. The summed E-state index contributed by atoms with van der Waals surface area (Å²) in [6.45, 7) is 1.91. The van der Waals surface area contributed by atoms with Crippen LogP contribution >= 0.6 is 46.4 Å². The molecule has 0 aliphatic carbocycles. The van der Waals surface area contributed by atoms with Gasteiger partial charge in [-0.1, -0.05) is 58.5 Å². The van der Waals surface area contributed by atoms with Crippen molar-refractivity contribution in [2.75, 3.05) is 0 Å². The van der Waals surface area contributed by atoms with Gasteiger partial charge in [0.15, 0.2) is 0 Å². The van der Waals surface area contributed by atoms with E-state index in [2.05, 4.69) is 9.71 Å². The van der Waals surface area contributed by atoms with Gasteiger partial charge in [-0.05, 0) is 48.4 Å². The molecule has 1 aromatic heterocycles. The summed E-state index contributed by atoms with van der Waals surface area (Å²) in [6, 6.07) is 10.3. The molecule has 0 saturated heterocycles. The number of rotatable bonds is 4. The molecule has 3 rings (SSSR count). The summed E-state index contributed by atoms with van der Waals surface area (Å²) in [5.74, 6) is 0. The Hall–Kier alpha value is -0.950. The molecular weight excluding hydrogens is 438 g/mol. The van der Waals surface area contributed by atoms with E-state index < -0.39 is 19.9 Å². The highest BCUT2D eigenvalue weighted by Gasteiger charge is 2.39. The first-order valence-electron chi connectivity index (χ1n) is 7.51. The minimum atomic E-state index is -3.94. The smallest absolute Gasteiger partial charge is 0.241 e. The molecule has 0 spiro atoms. The highest BCUT2D eigenvalue weighted by molar-refractivity contribution is 7.89. The summed E-state index contributed by atoms with van der Waals surface area (Å²) < 4.78 is 26.2. The number of sulfonamides is 1. The second-order valence-electron chi connectivity index (χ2n) is 5.79. The van der Waals surface area contributed by atoms with E-state index in [4.69, 9.17) is 46.4 Å². The van der Waals surface area contributed by atoms with Crippen LogP contribution < -0.4 is 4.72 Å². The van der Waals surface area contributed by atoms with Crippen molar-refractivity contribution in [1.82, 2.24) is 9.71 Å². The Labute approximate surface area is 171 Å². The number of aryl methyl sites for hydroxylation is 1. The second kappa shape index (κ2) is 7.23. The van der Waals surface area contributed by atoms with Crippen LogP contribution in [0.1, 0.15) is 17.2 Å². The fraction of sp³-hybridized carbons (Fsp3) is 0.176. The van der Waals surface area contributed by atoms with Crippen molar-refractivity contribution in [2.24, 2.45) is 0 Å². The van der Waals surface area contributed by atoms with Crippen LogP contribution in [0.3, 0.4) is 0 Å². The van der Waals surface area contributed by atoms with Crippen molar-refractivity contribution in [2.45, 2.75) is 21.7 Å². The van der Waals surface area contributed by atoms with E-state index in [9.17, 15) is 8.42 Å². The van der Waals surface area contributed by atoms with E-state index in [1.807, 2.05) is 25.1 Å². The number of nitrogens with one attached hydrogen (secondary N) is 2. The number of H-pyrrole nitrogens is 1. The first-order chi connectivity index (χ1) is 12.1. The van der Waals surface area contributed by atoms with Gasteiger partial charge >= 0.3 is 0 Å². The number of halogens is 4. The van der Waals surface area contributed by atoms with Crippen LogP contribution in [0.5, 0.6) is 0 Å². The molecule has 0 aliphatic rings. The van der Waals surface area contributed by atoms with Crippen LogP contribution in [0.2, 0.25) is 5.02 Å². The lowest BCUT2D eigenvalue weighted by molar-refractivity contribution is 0.559. The summed E-state index contributed by atoms with van der Waals surface area (Å²) in [4.78, 5) is 3.11. The number of aromatic amines is 1. The van der Waals surface area contributed by atoms with Crippen molar-refractivity contribution >= 4 is 67.3 Å². The number of hydrogen-bond donors (Lipinski definition) is 2. The summed E-state index contributed by atoms with van der Waals surface area (Å²) in [5.41, 5.74) is 2.31. The summed E-state index contributed by atoms with van der Waals surface area (Å²) >= 11 is 24.2. The summed E-state index contributed by atoms with van der Waals surface area (Å²) in [7, 11) is -3.94. The second-order valence-corrected chi connectivity index (χ2v) is 10.3. The highest BCUT2D eigenvalue weighted by Crippen LogP contribution is 2.43. The van der Waals surface area contributed by atoms with Crippen LogP contribution in [-0.4, -0.2) is 17.2 Å². The fourth-order valence-electron chi connectivity index (χ4n) is 2.77. The zero-order valence-corrected chi connectivity index (χ0v) is 17.3. The van der Waals surface area contributed by atoms with Gasteiger partial charge in [0.05, 0.1) is 10.9 Å². The zero-order valence-electron chi connectivity index (χ0n) is 13.4. The van der Waals surface area contributed by atoms with Gasteiger partial charge < -0.3 is 4.98 Å². The Balaban J connectivity index is 2.09. The van der Waals surface area contributed by atoms with Gasteiger partial charge in [-0.15, -0.1) is 0 Å². The molecule has 4 nitrogen and oxygen atoms in total. The van der Waals surface area contributed by atoms with Crippen molar-refractivity contribution in [1.29, 1.82) is 0 Å². The zero-order chi connectivity index (χ0) is 19.1. The van der Waals surface area contributed by atoms with Gasteiger partial charge in [-0.2, -0.15) is 4.72 Å². The van der Waals surface area contributed by atoms with E-state index in [1.165, 1.54) is 24.3 Å². The number of hydrogen-bond acceptors (Lipinski definition) is 2. The molecule has 138 valence electrons. The molecule has 3 aromatic rings. The van der Waals surface area contributed by atoms with Crippen LogP contribution in [-0.2, 0) is 10.0 Å². The van der Waals surface area contributed by atoms with Crippen LogP contribution in [0.25, 0.3) is 10.9 Å². The van der Waals surface area contributed by atoms with Crippen molar-refractivity contribution in [3.05, 3.63) is 64.8 Å². The van der Waals surface area contributed by atoms with Gasteiger partial charge in [0.2, 0.25) is 13.8 Å². The standard InChI is InChI=1S/C17H14Cl4N2O2S/c1-10-3-2-4-14-15(10)13(9-22-14)16(17(19,20)21)23-26(24,25)12-7-5-11(18)6-8-12/h2-9,16,22-23H,1H3. The molecule has 0 fully saturated rings. The third kappa shape index (κ3) is 3.98. The van der Waals surface area contributed by atoms with Gasteiger partial charge in [0, 0.05) is 22.1 Å². The molecule has 2 aromatic carbocycles. The van der Waals surface area contributed by atoms with Gasteiger partial charge in [0.25, 0.3) is 0 Å². The van der Waals surface area contributed by atoms with Crippen LogP contribution in [0, 0.1) is 6.92 Å². The van der Waals surface area contributed by atoms with E-state index in [0.29, 0.717) is 10.6 Å². The molecule has 0 aliphatic heterocycles. The highest BCUT2D eigenvalue weighted by atomic mass is 35.6. The quantitative estimate of drug-likeness (QED) is 0.513. The number of aromatic nitrogens is 1. The fourth-order valence-corrected chi connectivity index (χ4v) is 4.85. The van der Waals surface area contributed by atoms with E-state index in [1.54, 1.807) is 6.20 Å². The Morgan fingerprint density at radius 2 is 1.73 bits per heavy atom. The van der Waals surface area contributed by atoms with Crippen LogP contribution in [0.15, 0.2) is 53.6 Å². The third-order valence-electron chi connectivity index (χ3n) is 3.98. The first-order valence-corrected chi connectivity index (χ1v) is 10.5. The molecule has 0 radical (unpaired) electrons. The Bertz CT molecular complexity index is 1040. The molecule has 2 N–H and O–H groups in total. The molecule has 0 bridgehead atoms. The summed E-state index contributed by atoms with van der Waals surface area (Å²) in [6.07, 6.45) is 1.65. The molecule has 0 saturated carbocycles. The molecule has 26 heavy (non-hydrogen) atoms. The Morgan fingerprint density at radius 1 is 1.08 bits per heavy atom. The molecule has 1 atom stereocenters. The molecule has 9 heteroatoms. The van der Waals surface area contributed by atoms with E-state index in [-0.39, 0.29) is 4.90 Å². The van der Waals surface area contributed by atoms with Crippen LogP contribution in [0.4, 0.5) is 0 Å². The maximum atomic E-state index is 12.8. The predicted molar refractivity (Wildman–Crippen MR) is 108 cm³/mol. The maximum absolute atomic E-state index is 12.8. The lowest BCUT2D eigenvalue weighted by Gasteiger charge is -2.25. The monoisotopic (exact) mass is 450 g/mol. The number of alkyl halides is 3. The van der Waals surface area contributed by atoms with Crippen molar-refractivity contribution in [3.8, 4) is 0 Å². The largest absolute Gasteiger partial charge is 0.361 e. The first kappa shape index (κ1) is 19.8. The van der Waals surface area contributed by atoms with Crippen molar-refractivity contribution < 1.29 is 8.42 Å². The summed E-state index contributed by atoms with van der Waals surface area (Å²) in [5, 5.41) is 1.23. The number of benzene rings is 2. The normalized spacial score (nSPS) is 13.9. The van der Waals surface area contributed by atoms with Gasteiger partial charge in [-0.3, -0.25) is 0 Å². The van der Waals surface area contributed by atoms with Gasteiger partial charge in [-0.25, -0.2) is 8.42 Å². The molecule has 0 amide bonds. The Morgan fingerprint density at radius 3 is 2.35 bits per heavy atom. The molecule has 1 unspecified atom stereocenters. The minimum absolute atomic E-state index is 0.0257.